The monoisotopic (exact) mass is 325 g/mol. The van der Waals surface area contributed by atoms with Crippen LogP contribution >= 0.6 is 11.3 Å². The predicted molar refractivity (Wildman–Crippen MR) is 85.6 cm³/mol. The Morgan fingerprint density at radius 1 is 1.10 bits per heavy atom. The summed E-state index contributed by atoms with van der Waals surface area (Å²) in [4.78, 5) is 2.73. The fraction of sp³-hybridized carbons (Fsp3) is 0.333. The van der Waals surface area contributed by atoms with E-state index in [0.29, 0.717) is 17.3 Å². The van der Waals surface area contributed by atoms with Crippen molar-refractivity contribution < 1.29 is 13.2 Å². The van der Waals surface area contributed by atoms with E-state index in [1.807, 2.05) is 0 Å². The van der Waals surface area contributed by atoms with Crippen LogP contribution in [-0.4, -0.2) is 21.2 Å². The second kappa shape index (κ2) is 7.06. The molecule has 4 nitrogen and oxygen atoms in total. The highest BCUT2D eigenvalue weighted by molar-refractivity contribution is 7.90. The van der Waals surface area contributed by atoms with Gasteiger partial charge in [-0.25, -0.2) is 8.42 Å². The molecule has 1 aromatic heterocycles. The summed E-state index contributed by atoms with van der Waals surface area (Å²) < 4.78 is 28.4. The molecule has 2 aromatic rings. The molecule has 1 aromatic carbocycles. The van der Waals surface area contributed by atoms with Crippen LogP contribution in [0.2, 0.25) is 0 Å². The normalized spacial score (nSPS) is 11.5. The highest BCUT2D eigenvalue weighted by atomic mass is 32.2. The largest absolute Gasteiger partial charge is 0.488 e. The Balaban J connectivity index is 1.92. The summed E-state index contributed by atoms with van der Waals surface area (Å²) in [6.07, 6.45) is 1.19. The maximum absolute atomic E-state index is 11.4. The molecule has 0 aliphatic rings. The van der Waals surface area contributed by atoms with Gasteiger partial charge in [-0.1, -0.05) is 6.92 Å². The molecule has 0 amide bonds. The maximum Gasteiger partial charge on any atom is 0.175 e. The molecule has 114 valence electrons. The molecule has 0 saturated heterocycles. The van der Waals surface area contributed by atoms with Gasteiger partial charge in [-0.3, -0.25) is 0 Å². The topological polar surface area (TPSA) is 55.4 Å². The Bertz CT molecular complexity index is 675. The lowest BCUT2D eigenvalue weighted by Gasteiger charge is -2.05. The number of sulfone groups is 1. The van der Waals surface area contributed by atoms with Gasteiger partial charge in [0.1, 0.15) is 12.4 Å². The summed E-state index contributed by atoms with van der Waals surface area (Å²) in [7, 11) is -3.15. The second-order valence-electron chi connectivity index (χ2n) is 4.68. The van der Waals surface area contributed by atoms with E-state index in [1.54, 1.807) is 35.6 Å². The molecule has 0 fully saturated rings. The zero-order chi connectivity index (χ0) is 15.3. The zero-order valence-corrected chi connectivity index (χ0v) is 13.8. The predicted octanol–water partition coefficient (Wildman–Crippen LogP) is 2.84. The van der Waals surface area contributed by atoms with E-state index in [0.717, 1.165) is 18.0 Å². The lowest BCUT2D eigenvalue weighted by molar-refractivity contribution is 0.309. The van der Waals surface area contributed by atoms with Gasteiger partial charge in [0.15, 0.2) is 9.84 Å². The van der Waals surface area contributed by atoms with Crippen LogP contribution in [0.15, 0.2) is 41.3 Å². The minimum atomic E-state index is -3.15. The molecule has 21 heavy (non-hydrogen) atoms. The van der Waals surface area contributed by atoms with Gasteiger partial charge in [-0.05, 0) is 42.9 Å². The van der Waals surface area contributed by atoms with Crippen molar-refractivity contribution in [1.82, 2.24) is 5.32 Å². The molecule has 0 radical (unpaired) electrons. The molecule has 0 atom stereocenters. The Morgan fingerprint density at radius 3 is 2.38 bits per heavy atom. The first-order chi connectivity index (χ1) is 9.99. The van der Waals surface area contributed by atoms with Crippen molar-refractivity contribution in [1.29, 1.82) is 0 Å². The van der Waals surface area contributed by atoms with Crippen LogP contribution in [0.1, 0.15) is 16.7 Å². The van der Waals surface area contributed by atoms with Crippen LogP contribution in [0.3, 0.4) is 0 Å². The average Bonchev–Trinajstić information content (AvgIpc) is 2.90. The fourth-order valence-corrected chi connectivity index (χ4v) is 3.31. The average molecular weight is 325 g/mol. The van der Waals surface area contributed by atoms with Crippen LogP contribution < -0.4 is 10.1 Å². The van der Waals surface area contributed by atoms with Gasteiger partial charge in [0.25, 0.3) is 0 Å². The Labute approximate surface area is 129 Å². The fourth-order valence-electron chi connectivity index (χ4n) is 1.78. The molecule has 0 spiro atoms. The first kappa shape index (κ1) is 16.0. The van der Waals surface area contributed by atoms with Crippen LogP contribution in [0.4, 0.5) is 0 Å². The third kappa shape index (κ3) is 4.84. The molecular formula is C15H19NO3S2. The van der Waals surface area contributed by atoms with Crippen molar-refractivity contribution in [2.75, 3.05) is 12.8 Å². The van der Waals surface area contributed by atoms with Gasteiger partial charge in [-0.2, -0.15) is 0 Å². The molecule has 0 unspecified atom stereocenters. The minimum absolute atomic E-state index is 0.305. The van der Waals surface area contributed by atoms with E-state index >= 15 is 0 Å². The summed E-state index contributed by atoms with van der Waals surface area (Å²) in [6.45, 7) is 4.41. The standard InChI is InChI=1S/C15H19NO3S2/c1-3-16-10-13-6-7-14(20-13)11-19-12-4-8-15(9-5-12)21(2,17)18/h4-9,16H,3,10-11H2,1-2H3. The Morgan fingerprint density at radius 2 is 1.76 bits per heavy atom. The number of rotatable bonds is 7. The number of ether oxygens (including phenoxy) is 1. The van der Waals surface area contributed by atoms with E-state index in [2.05, 4.69) is 24.4 Å². The summed E-state index contributed by atoms with van der Waals surface area (Å²) in [5, 5.41) is 3.28. The molecule has 1 N–H and O–H groups in total. The Kier molecular flexibility index (Phi) is 5.39. The second-order valence-corrected chi connectivity index (χ2v) is 7.95. The molecule has 2 rings (SSSR count). The molecule has 0 aliphatic heterocycles. The van der Waals surface area contributed by atoms with E-state index in [-0.39, 0.29) is 0 Å². The summed E-state index contributed by atoms with van der Waals surface area (Å²) in [6, 6.07) is 10.7. The number of benzene rings is 1. The van der Waals surface area contributed by atoms with Gasteiger partial charge in [0.05, 0.1) is 4.90 Å². The lowest BCUT2D eigenvalue weighted by atomic mass is 10.3. The van der Waals surface area contributed by atoms with Gasteiger partial charge >= 0.3 is 0 Å². The smallest absolute Gasteiger partial charge is 0.175 e. The van der Waals surface area contributed by atoms with Gasteiger partial charge in [0, 0.05) is 22.6 Å². The highest BCUT2D eigenvalue weighted by Gasteiger charge is 2.07. The number of thiophene rings is 1. The highest BCUT2D eigenvalue weighted by Crippen LogP contribution is 2.20. The van der Waals surface area contributed by atoms with Crippen molar-refractivity contribution in [2.45, 2.75) is 25.0 Å². The third-order valence-corrected chi connectivity index (χ3v) is 5.09. The van der Waals surface area contributed by atoms with Crippen LogP contribution in [0.5, 0.6) is 5.75 Å². The van der Waals surface area contributed by atoms with Crippen molar-refractivity contribution in [3.05, 3.63) is 46.2 Å². The first-order valence-corrected chi connectivity index (χ1v) is 9.41. The van der Waals surface area contributed by atoms with Gasteiger partial charge < -0.3 is 10.1 Å². The summed E-state index contributed by atoms with van der Waals surface area (Å²) in [5.41, 5.74) is 0. The molecule has 6 heteroatoms. The van der Waals surface area contributed by atoms with E-state index in [9.17, 15) is 8.42 Å². The van der Waals surface area contributed by atoms with E-state index < -0.39 is 9.84 Å². The van der Waals surface area contributed by atoms with E-state index in [4.69, 9.17) is 4.74 Å². The zero-order valence-electron chi connectivity index (χ0n) is 12.1. The van der Waals surface area contributed by atoms with Gasteiger partial charge in [-0.15, -0.1) is 11.3 Å². The van der Waals surface area contributed by atoms with Crippen molar-refractivity contribution in [3.63, 3.8) is 0 Å². The molecule has 1 heterocycles. The number of nitrogens with one attached hydrogen (secondary N) is 1. The van der Waals surface area contributed by atoms with Crippen LogP contribution in [0.25, 0.3) is 0 Å². The van der Waals surface area contributed by atoms with E-state index in [1.165, 1.54) is 11.1 Å². The SMILES string of the molecule is CCNCc1ccc(COc2ccc(S(C)(=O)=O)cc2)s1. The number of hydrogen-bond donors (Lipinski definition) is 1. The minimum Gasteiger partial charge on any atom is -0.488 e. The van der Waals surface area contributed by atoms with Gasteiger partial charge in [0.2, 0.25) is 0 Å². The maximum atomic E-state index is 11.4. The van der Waals surface area contributed by atoms with Crippen molar-refractivity contribution in [3.8, 4) is 5.75 Å². The molecule has 0 aliphatic carbocycles. The van der Waals surface area contributed by atoms with Crippen molar-refractivity contribution in [2.24, 2.45) is 0 Å². The summed E-state index contributed by atoms with van der Waals surface area (Å²) >= 11 is 1.72. The molecule has 0 saturated carbocycles. The lowest BCUT2D eigenvalue weighted by Crippen LogP contribution is -2.10. The van der Waals surface area contributed by atoms with Crippen LogP contribution in [-0.2, 0) is 23.0 Å². The molecular weight excluding hydrogens is 306 g/mol. The first-order valence-electron chi connectivity index (χ1n) is 6.70. The van der Waals surface area contributed by atoms with Crippen molar-refractivity contribution >= 4 is 21.2 Å². The Hall–Kier alpha value is -1.37. The number of hydrogen-bond acceptors (Lipinski definition) is 5. The quantitative estimate of drug-likeness (QED) is 0.850. The van der Waals surface area contributed by atoms with Crippen LogP contribution in [0, 0.1) is 0 Å². The summed E-state index contributed by atoms with van der Waals surface area (Å²) in [5.74, 6) is 0.670. The molecule has 0 bridgehead atoms. The third-order valence-electron chi connectivity index (χ3n) is 2.90.